The summed E-state index contributed by atoms with van der Waals surface area (Å²) >= 11 is 0. The number of imidazole rings is 1. The lowest BCUT2D eigenvalue weighted by atomic mass is 10.1. The molecule has 3 rings (SSSR count). The van der Waals surface area contributed by atoms with Gasteiger partial charge in [0.15, 0.2) is 0 Å². The lowest BCUT2D eigenvalue weighted by molar-refractivity contribution is 0.108. The van der Waals surface area contributed by atoms with E-state index in [0.717, 1.165) is 53.8 Å². The third-order valence-corrected chi connectivity index (χ3v) is 7.03. The van der Waals surface area contributed by atoms with Crippen LogP contribution >= 0.6 is 0 Å². The zero-order chi connectivity index (χ0) is 23.8. The van der Waals surface area contributed by atoms with Crippen molar-refractivity contribution in [3.63, 3.8) is 0 Å². The van der Waals surface area contributed by atoms with E-state index in [1.807, 2.05) is 25.1 Å². The average Bonchev–Trinajstić information content (AvgIpc) is 3.14. The number of nitrogens with zero attached hydrogens (tertiary/aromatic N) is 2. The number of nitrogens with one attached hydrogen (secondary N) is 2. The molecule has 0 aliphatic heterocycles. The van der Waals surface area contributed by atoms with Crippen LogP contribution in [0.3, 0.4) is 0 Å². The first-order valence-corrected chi connectivity index (χ1v) is 13.3. The summed E-state index contributed by atoms with van der Waals surface area (Å²) < 4.78 is 34.6. The van der Waals surface area contributed by atoms with Crippen molar-refractivity contribution < 1.29 is 13.2 Å². The lowest BCUT2D eigenvalue weighted by Crippen LogP contribution is -2.39. The third kappa shape index (κ3) is 7.35. The number of sulfonamides is 1. The van der Waals surface area contributed by atoms with Crippen molar-refractivity contribution in [2.24, 2.45) is 5.92 Å². The fraction of sp³-hybridized carbons (Fsp3) is 0.520. The van der Waals surface area contributed by atoms with E-state index in [2.05, 4.69) is 40.4 Å². The van der Waals surface area contributed by atoms with E-state index in [9.17, 15) is 8.42 Å². The van der Waals surface area contributed by atoms with Gasteiger partial charge in [0, 0.05) is 25.3 Å². The van der Waals surface area contributed by atoms with Crippen LogP contribution in [-0.2, 0) is 21.2 Å². The molecule has 0 saturated heterocycles. The van der Waals surface area contributed by atoms with Crippen LogP contribution in [0.5, 0.6) is 0 Å². The van der Waals surface area contributed by atoms with E-state index in [4.69, 9.17) is 4.74 Å². The fourth-order valence-electron chi connectivity index (χ4n) is 3.91. The molecule has 33 heavy (non-hydrogen) atoms. The second-order valence-electron chi connectivity index (χ2n) is 9.03. The molecule has 2 aromatic heterocycles. The summed E-state index contributed by atoms with van der Waals surface area (Å²) in [6, 6.07) is 8.65. The Morgan fingerprint density at radius 3 is 2.58 bits per heavy atom. The largest absolute Gasteiger partial charge is 0.380 e. The molecule has 0 fully saturated rings. The molecule has 0 aliphatic rings. The number of ether oxygens (including phenoxy) is 1. The van der Waals surface area contributed by atoms with E-state index in [0.29, 0.717) is 25.6 Å². The zero-order valence-corrected chi connectivity index (χ0v) is 20.9. The second kappa shape index (κ2) is 11.7. The van der Waals surface area contributed by atoms with Crippen molar-refractivity contribution in [2.75, 3.05) is 13.2 Å². The maximum Gasteiger partial charge on any atom is 0.240 e. The van der Waals surface area contributed by atoms with Crippen LogP contribution in [-0.4, -0.2) is 42.6 Å². The molecule has 0 aliphatic carbocycles. The molecule has 0 bridgehead atoms. The van der Waals surface area contributed by atoms with Gasteiger partial charge in [0.05, 0.1) is 22.7 Å². The van der Waals surface area contributed by atoms with Crippen LogP contribution in [0.2, 0.25) is 0 Å². The molecule has 2 N–H and O–H groups in total. The van der Waals surface area contributed by atoms with Crippen molar-refractivity contribution in [3.8, 4) is 0 Å². The number of pyridine rings is 1. The predicted octanol–water partition coefficient (Wildman–Crippen LogP) is 4.76. The Morgan fingerprint density at radius 2 is 1.88 bits per heavy atom. The van der Waals surface area contributed by atoms with Gasteiger partial charge in [-0.3, -0.25) is 4.98 Å². The summed E-state index contributed by atoms with van der Waals surface area (Å²) in [6.07, 6.45) is 6.32. The van der Waals surface area contributed by atoms with Gasteiger partial charge in [-0.25, -0.2) is 18.1 Å². The Hall–Kier alpha value is -2.29. The molecule has 0 radical (unpaired) electrons. The Bertz CT molecular complexity index is 1120. The third-order valence-electron chi connectivity index (χ3n) is 5.49. The fourth-order valence-corrected chi connectivity index (χ4v) is 5.14. The van der Waals surface area contributed by atoms with Gasteiger partial charge in [-0.05, 0) is 49.4 Å². The number of aryl methyl sites for hydroxylation is 1. The first kappa shape index (κ1) is 25.3. The van der Waals surface area contributed by atoms with Crippen LogP contribution in [0.25, 0.3) is 11.0 Å². The number of aromatic amines is 1. The van der Waals surface area contributed by atoms with E-state index in [1.165, 1.54) is 0 Å². The van der Waals surface area contributed by atoms with Crippen LogP contribution in [0.15, 0.2) is 41.4 Å². The SMILES string of the molecule is CCCCCOC[C@H](CC(C)C)NS(=O)(=O)c1ccc(Cc2nccc3[nH]c(C)nc23)cc1. The highest BCUT2D eigenvalue weighted by atomic mass is 32.2. The van der Waals surface area contributed by atoms with Gasteiger partial charge >= 0.3 is 0 Å². The smallest absolute Gasteiger partial charge is 0.240 e. The highest BCUT2D eigenvalue weighted by Gasteiger charge is 2.21. The molecule has 8 heteroatoms. The molecule has 1 aromatic carbocycles. The Kier molecular flexibility index (Phi) is 9.00. The number of hydrogen-bond acceptors (Lipinski definition) is 5. The van der Waals surface area contributed by atoms with E-state index >= 15 is 0 Å². The maximum atomic E-state index is 13.0. The number of aromatic nitrogens is 3. The van der Waals surface area contributed by atoms with Gasteiger partial charge in [-0.15, -0.1) is 0 Å². The Labute approximate surface area is 197 Å². The lowest BCUT2D eigenvalue weighted by Gasteiger charge is -2.21. The van der Waals surface area contributed by atoms with Gasteiger partial charge in [-0.1, -0.05) is 45.7 Å². The highest BCUT2D eigenvalue weighted by molar-refractivity contribution is 7.89. The summed E-state index contributed by atoms with van der Waals surface area (Å²) in [4.78, 5) is 12.5. The number of fused-ring (bicyclic) bond motifs is 1. The quantitative estimate of drug-likeness (QED) is 0.350. The van der Waals surface area contributed by atoms with Crippen molar-refractivity contribution in [1.29, 1.82) is 0 Å². The number of H-pyrrole nitrogens is 1. The molecule has 0 unspecified atom stereocenters. The normalized spacial score (nSPS) is 13.1. The summed E-state index contributed by atoms with van der Waals surface area (Å²) in [5.41, 5.74) is 3.65. The van der Waals surface area contributed by atoms with E-state index in [-0.39, 0.29) is 10.9 Å². The van der Waals surface area contributed by atoms with Crippen molar-refractivity contribution in [1.82, 2.24) is 19.7 Å². The summed E-state index contributed by atoms with van der Waals surface area (Å²) in [7, 11) is -3.64. The summed E-state index contributed by atoms with van der Waals surface area (Å²) in [6.45, 7) is 9.29. The number of benzene rings is 1. The minimum atomic E-state index is -3.64. The van der Waals surface area contributed by atoms with Gasteiger partial charge in [-0.2, -0.15) is 0 Å². The first-order valence-electron chi connectivity index (χ1n) is 11.8. The Morgan fingerprint density at radius 1 is 1.12 bits per heavy atom. The molecule has 2 heterocycles. The molecule has 3 aromatic rings. The summed E-state index contributed by atoms with van der Waals surface area (Å²) in [5, 5.41) is 0. The molecule has 0 saturated carbocycles. The molecular formula is C25H36N4O3S. The number of unbranched alkanes of at least 4 members (excludes halogenated alkanes) is 2. The van der Waals surface area contributed by atoms with Crippen LogP contribution in [0.1, 0.15) is 63.5 Å². The molecule has 0 spiro atoms. The molecule has 7 nitrogen and oxygen atoms in total. The summed E-state index contributed by atoms with van der Waals surface area (Å²) in [5.74, 6) is 1.21. The molecule has 180 valence electrons. The van der Waals surface area contributed by atoms with Crippen molar-refractivity contribution >= 4 is 21.1 Å². The first-order chi connectivity index (χ1) is 15.8. The van der Waals surface area contributed by atoms with Crippen LogP contribution < -0.4 is 4.72 Å². The second-order valence-corrected chi connectivity index (χ2v) is 10.7. The molecule has 1 atom stereocenters. The van der Waals surface area contributed by atoms with Crippen LogP contribution in [0.4, 0.5) is 0 Å². The van der Waals surface area contributed by atoms with Gasteiger partial charge in [0.25, 0.3) is 0 Å². The van der Waals surface area contributed by atoms with Gasteiger partial charge < -0.3 is 9.72 Å². The molecule has 0 amide bonds. The maximum absolute atomic E-state index is 13.0. The standard InChI is InChI=1S/C25H36N4O3S/c1-5-6-7-14-32-17-21(15-18(2)3)29-33(30,31)22-10-8-20(9-11-22)16-24-25-23(12-13-26-24)27-19(4)28-25/h8-13,18,21,29H,5-7,14-17H2,1-4H3,(H,27,28)/t21-/m0/s1. The topological polar surface area (TPSA) is 97.0 Å². The van der Waals surface area contributed by atoms with E-state index < -0.39 is 10.0 Å². The Balaban J connectivity index is 1.67. The average molecular weight is 473 g/mol. The van der Waals surface area contributed by atoms with Crippen molar-refractivity contribution in [2.45, 2.75) is 70.7 Å². The monoisotopic (exact) mass is 472 g/mol. The van der Waals surface area contributed by atoms with Crippen LogP contribution in [0, 0.1) is 12.8 Å². The predicted molar refractivity (Wildman–Crippen MR) is 132 cm³/mol. The minimum absolute atomic E-state index is 0.249. The van der Waals surface area contributed by atoms with Crippen molar-refractivity contribution in [3.05, 3.63) is 53.6 Å². The molecular weight excluding hydrogens is 436 g/mol. The minimum Gasteiger partial charge on any atom is -0.380 e. The van der Waals surface area contributed by atoms with Gasteiger partial charge in [0.1, 0.15) is 11.3 Å². The number of rotatable bonds is 13. The van der Waals surface area contributed by atoms with Gasteiger partial charge in [0.2, 0.25) is 10.0 Å². The van der Waals surface area contributed by atoms with E-state index in [1.54, 1.807) is 18.3 Å². The zero-order valence-electron chi connectivity index (χ0n) is 20.1. The number of hydrogen-bond donors (Lipinski definition) is 2. The highest BCUT2D eigenvalue weighted by Crippen LogP contribution is 2.19.